The highest BCUT2D eigenvalue weighted by Gasteiger charge is 2.19. The number of aliphatic hydroxyl groups excluding tert-OH is 3. The van der Waals surface area contributed by atoms with Gasteiger partial charge < -0.3 is 15.3 Å². The fourth-order valence-corrected chi connectivity index (χ4v) is 1.25. The molecule has 1 aliphatic carbocycles. The van der Waals surface area contributed by atoms with Gasteiger partial charge >= 0.3 is 0 Å². The molecule has 0 bridgehead atoms. The van der Waals surface area contributed by atoms with Gasteiger partial charge in [0, 0.05) is 6.61 Å². The van der Waals surface area contributed by atoms with E-state index in [-0.39, 0.29) is 0 Å². The fraction of sp³-hybridized carbons (Fsp3) is 1.00. The van der Waals surface area contributed by atoms with Gasteiger partial charge in [-0.15, -0.1) is 0 Å². The van der Waals surface area contributed by atoms with Gasteiger partial charge in [0.25, 0.3) is 0 Å². The van der Waals surface area contributed by atoms with E-state index < -0.39 is 12.2 Å². The standard InChI is InChI=1S/C6H12O2.C4H10O/c7-5-3-1-2-4-6(5)8;1-2-3-4-5/h5-8H,1-4H2;5H,2-4H2,1H3. The number of hydrogen-bond acceptors (Lipinski definition) is 3. The molecular formula is C10H22O3. The van der Waals surface area contributed by atoms with Gasteiger partial charge in [0.2, 0.25) is 0 Å². The Bertz CT molecular complexity index is 94.3. The Morgan fingerprint density at radius 2 is 1.54 bits per heavy atom. The van der Waals surface area contributed by atoms with Crippen LogP contribution in [-0.2, 0) is 0 Å². The number of aliphatic hydroxyl groups is 3. The van der Waals surface area contributed by atoms with Gasteiger partial charge in [0.05, 0.1) is 12.2 Å². The van der Waals surface area contributed by atoms with Gasteiger partial charge in [-0.2, -0.15) is 0 Å². The van der Waals surface area contributed by atoms with Crippen LogP contribution in [0.3, 0.4) is 0 Å². The first-order valence-corrected chi connectivity index (χ1v) is 5.19. The van der Waals surface area contributed by atoms with Crippen LogP contribution in [-0.4, -0.2) is 34.1 Å². The minimum atomic E-state index is -0.441. The van der Waals surface area contributed by atoms with E-state index in [4.69, 9.17) is 15.3 Å². The molecule has 3 nitrogen and oxygen atoms in total. The highest BCUT2D eigenvalue weighted by molar-refractivity contribution is 4.72. The molecule has 1 rings (SSSR count). The Hall–Kier alpha value is -0.120. The summed E-state index contributed by atoms with van der Waals surface area (Å²) in [5, 5.41) is 25.9. The van der Waals surface area contributed by atoms with Crippen LogP contribution in [0.5, 0.6) is 0 Å². The monoisotopic (exact) mass is 190 g/mol. The molecule has 2 unspecified atom stereocenters. The third-order valence-electron chi connectivity index (χ3n) is 2.21. The average Bonchev–Trinajstić information content (AvgIpc) is 2.13. The molecule has 0 amide bonds. The van der Waals surface area contributed by atoms with Gasteiger partial charge in [-0.3, -0.25) is 0 Å². The van der Waals surface area contributed by atoms with E-state index in [1.54, 1.807) is 0 Å². The van der Waals surface area contributed by atoms with E-state index in [1.807, 2.05) is 0 Å². The number of hydrogen-bond donors (Lipinski definition) is 3. The lowest BCUT2D eigenvalue weighted by molar-refractivity contribution is -0.00865. The lowest BCUT2D eigenvalue weighted by Gasteiger charge is -2.22. The third kappa shape index (κ3) is 6.99. The second-order valence-corrected chi connectivity index (χ2v) is 3.50. The molecule has 0 aliphatic heterocycles. The van der Waals surface area contributed by atoms with Crippen LogP contribution in [0.1, 0.15) is 45.4 Å². The summed E-state index contributed by atoms with van der Waals surface area (Å²) in [7, 11) is 0. The van der Waals surface area contributed by atoms with Crippen LogP contribution in [0.4, 0.5) is 0 Å². The molecule has 13 heavy (non-hydrogen) atoms. The maximum absolute atomic E-state index is 8.93. The van der Waals surface area contributed by atoms with Crippen LogP contribution in [0, 0.1) is 0 Å². The van der Waals surface area contributed by atoms with Crippen LogP contribution in [0.25, 0.3) is 0 Å². The van der Waals surface area contributed by atoms with E-state index in [2.05, 4.69) is 6.92 Å². The maximum Gasteiger partial charge on any atom is 0.0799 e. The largest absolute Gasteiger partial charge is 0.396 e. The van der Waals surface area contributed by atoms with Crippen LogP contribution in [0.2, 0.25) is 0 Å². The molecule has 0 radical (unpaired) electrons. The summed E-state index contributed by atoms with van der Waals surface area (Å²) in [5.41, 5.74) is 0. The first kappa shape index (κ1) is 12.9. The molecule has 1 saturated carbocycles. The third-order valence-corrected chi connectivity index (χ3v) is 2.21. The second kappa shape index (κ2) is 8.48. The summed E-state index contributed by atoms with van der Waals surface area (Å²) in [6.07, 6.45) is 4.85. The highest BCUT2D eigenvalue weighted by Crippen LogP contribution is 2.17. The zero-order valence-corrected chi connectivity index (χ0v) is 8.45. The molecule has 0 aromatic heterocycles. The minimum absolute atomic E-state index is 0.344. The van der Waals surface area contributed by atoms with Gasteiger partial charge in [-0.05, 0) is 19.3 Å². The molecule has 0 aromatic rings. The Labute approximate surface area is 80.4 Å². The van der Waals surface area contributed by atoms with E-state index in [0.717, 1.165) is 38.5 Å². The molecule has 3 heteroatoms. The maximum atomic E-state index is 8.93. The zero-order chi connectivity index (χ0) is 10.1. The van der Waals surface area contributed by atoms with Crippen LogP contribution < -0.4 is 0 Å². The van der Waals surface area contributed by atoms with Crippen molar-refractivity contribution in [2.45, 2.75) is 57.7 Å². The summed E-state index contributed by atoms with van der Waals surface area (Å²) < 4.78 is 0. The van der Waals surface area contributed by atoms with Crippen LogP contribution in [0.15, 0.2) is 0 Å². The quantitative estimate of drug-likeness (QED) is 0.610. The zero-order valence-electron chi connectivity index (χ0n) is 8.45. The van der Waals surface area contributed by atoms with E-state index >= 15 is 0 Å². The molecule has 0 saturated heterocycles. The van der Waals surface area contributed by atoms with Crippen molar-refractivity contribution in [1.82, 2.24) is 0 Å². The smallest absolute Gasteiger partial charge is 0.0799 e. The molecule has 80 valence electrons. The second-order valence-electron chi connectivity index (χ2n) is 3.50. The first-order valence-electron chi connectivity index (χ1n) is 5.19. The molecule has 1 fully saturated rings. The van der Waals surface area contributed by atoms with Crippen molar-refractivity contribution in [3.8, 4) is 0 Å². The summed E-state index contributed by atoms with van der Waals surface area (Å²) in [5.74, 6) is 0. The Morgan fingerprint density at radius 1 is 1.08 bits per heavy atom. The molecule has 0 spiro atoms. The fourth-order valence-electron chi connectivity index (χ4n) is 1.25. The van der Waals surface area contributed by atoms with Crippen molar-refractivity contribution in [1.29, 1.82) is 0 Å². The number of rotatable bonds is 2. The van der Waals surface area contributed by atoms with Crippen LogP contribution >= 0.6 is 0 Å². The first-order chi connectivity index (χ1) is 6.22. The Morgan fingerprint density at radius 3 is 1.69 bits per heavy atom. The van der Waals surface area contributed by atoms with Gasteiger partial charge in [0.15, 0.2) is 0 Å². The SMILES string of the molecule is CCCCO.OC1CCCCC1O. The van der Waals surface area contributed by atoms with Gasteiger partial charge in [-0.1, -0.05) is 26.2 Å². The lowest BCUT2D eigenvalue weighted by atomic mass is 9.95. The minimum Gasteiger partial charge on any atom is -0.396 e. The molecule has 0 heterocycles. The van der Waals surface area contributed by atoms with Gasteiger partial charge in [0.1, 0.15) is 0 Å². The van der Waals surface area contributed by atoms with Gasteiger partial charge in [-0.25, -0.2) is 0 Å². The lowest BCUT2D eigenvalue weighted by Crippen LogP contribution is -2.28. The summed E-state index contributed by atoms with van der Waals surface area (Å²) in [6.45, 7) is 2.40. The van der Waals surface area contributed by atoms with Crippen molar-refractivity contribution in [3.63, 3.8) is 0 Å². The van der Waals surface area contributed by atoms with Crippen molar-refractivity contribution >= 4 is 0 Å². The Kier molecular flexibility index (Phi) is 8.40. The van der Waals surface area contributed by atoms with Crippen molar-refractivity contribution < 1.29 is 15.3 Å². The molecule has 2 atom stereocenters. The molecule has 0 aromatic carbocycles. The number of unbranched alkanes of at least 4 members (excludes halogenated alkanes) is 1. The normalized spacial score (nSPS) is 27.7. The van der Waals surface area contributed by atoms with E-state index in [9.17, 15) is 0 Å². The summed E-state index contributed by atoms with van der Waals surface area (Å²) in [6, 6.07) is 0. The molecule has 1 aliphatic rings. The topological polar surface area (TPSA) is 60.7 Å². The summed E-state index contributed by atoms with van der Waals surface area (Å²) >= 11 is 0. The summed E-state index contributed by atoms with van der Waals surface area (Å²) in [4.78, 5) is 0. The van der Waals surface area contributed by atoms with E-state index in [0.29, 0.717) is 6.61 Å². The van der Waals surface area contributed by atoms with Crippen molar-refractivity contribution in [2.24, 2.45) is 0 Å². The van der Waals surface area contributed by atoms with Crippen molar-refractivity contribution in [3.05, 3.63) is 0 Å². The van der Waals surface area contributed by atoms with E-state index in [1.165, 1.54) is 0 Å². The highest BCUT2D eigenvalue weighted by atomic mass is 16.3. The molecular weight excluding hydrogens is 168 g/mol. The Balaban J connectivity index is 0.000000252. The average molecular weight is 190 g/mol. The molecule has 3 N–H and O–H groups in total. The van der Waals surface area contributed by atoms with Crippen molar-refractivity contribution in [2.75, 3.05) is 6.61 Å². The predicted octanol–water partition coefficient (Wildman–Crippen LogP) is 1.06. The predicted molar refractivity (Wildman–Crippen MR) is 52.5 cm³/mol.